The van der Waals surface area contributed by atoms with E-state index in [0.29, 0.717) is 10.8 Å². The molecule has 2 rings (SSSR count). The Morgan fingerprint density at radius 1 is 1.32 bits per heavy atom. The fourth-order valence-corrected chi connectivity index (χ4v) is 2.11. The number of nitrogens with zero attached hydrogens (tertiary/aromatic N) is 2. The van der Waals surface area contributed by atoms with Gasteiger partial charge in [0.15, 0.2) is 5.16 Å². The Labute approximate surface area is 114 Å². The molecule has 2 aromatic rings. The molecule has 0 aliphatic carbocycles. The minimum absolute atomic E-state index is 0.0316. The number of hydrogen-bond acceptors (Lipinski definition) is 4. The highest BCUT2D eigenvalue weighted by Gasteiger charge is 2.14. The van der Waals surface area contributed by atoms with Crippen molar-refractivity contribution in [2.24, 2.45) is 7.05 Å². The van der Waals surface area contributed by atoms with Crippen molar-refractivity contribution in [2.75, 3.05) is 11.6 Å². The van der Waals surface area contributed by atoms with Crippen LogP contribution in [0.5, 0.6) is 0 Å². The first-order chi connectivity index (χ1) is 9.13. The van der Waals surface area contributed by atoms with Crippen molar-refractivity contribution in [3.63, 3.8) is 0 Å². The molecule has 0 saturated heterocycles. The molecule has 19 heavy (non-hydrogen) atoms. The fourth-order valence-electron chi connectivity index (χ4n) is 1.59. The highest BCUT2D eigenvalue weighted by Crippen LogP contribution is 2.09. The SMILES string of the molecule is CSc1ncc(C(=O)Nc2ccccc2)c(=O)n1C. The molecule has 0 radical (unpaired) electrons. The topological polar surface area (TPSA) is 64.0 Å². The summed E-state index contributed by atoms with van der Waals surface area (Å²) in [5, 5.41) is 3.24. The van der Waals surface area contributed by atoms with Crippen LogP contribution in [0.2, 0.25) is 0 Å². The first kappa shape index (κ1) is 13.4. The summed E-state index contributed by atoms with van der Waals surface area (Å²) in [6.07, 6.45) is 3.14. The minimum Gasteiger partial charge on any atom is -0.322 e. The van der Waals surface area contributed by atoms with E-state index in [-0.39, 0.29) is 11.1 Å². The monoisotopic (exact) mass is 275 g/mol. The quantitative estimate of drug-likeness (QED) is 0.684. The molecular formula is C13H13N3O2S. The van der Waals surface area contributed by atoms with Crippen LogP contribution in [0.15, 0.2) is 46.5 Å². The molecule has 0 unspecified atom stereocenters. The summed E-state index contributed by atoms with van der Waals surface area (Å²) in [5.41, 5.74) is 0.320. The maximum absolute atomic E-state index is 12.0. The van der Waals surface area contributed by atoms with Crippen LogP contribution in [0.4, 0.5) is 5.69 Å². The summed E-state index contributed by atoms with van der Waals surface area (Å²) in [6, 6.07) is 8.98. The van der Waals surface area contributed by atoms with Gasteiger partial charge < -0.3 is 5.32 Å². The molecule has 5 nitrogen and oxygen atoms in total. The standard InChI is InChI=1S/C13H13N3O2S/c1-16-12(18)10(8-14-13(16)19-2)11(17)15-9-6-4-3-5-7-9/h3-8H,1-2H3,(H,15,17). The summed E-state index contributed by atoms with van der Waals surface area (Å²) >= 11 is 1.35. The molecule has 0 aliphatic rings. The number of carbonyl (C=O) groups is 1. The van der Waals surface area contributed by atoms with E-state index in [1.807, 2.05) is 24.5 Å². The molecule has 1 amide bonds. The Morgan fingerprint density at radius 3 is 2.63 bits per heavy atom. The lowest BCUT2D eigenvalue weighted by Crippen LogP contribution is -2.29. The number of hydrogen-bond donors (Lipinski definition) is 1. The second-order valence-corrected chi connectivity index (χ2v) is 4.62. The summed E-state index contributed by atoms with van der Waals surface area (Å²) in [5.74, 6) is -0.452. The zero-order valence-electron chi connectivity index (χ0n) is 10.6. The number of amides is 1. The number of carbonyl (C=O) groups excluding carboxylic acids is 1. The van der Waals surface area contributed by atoms with Crippen molar-refractivity contribution in [1.82, 2.24) is 9.55 Å². The molecule has 0 bridgehead atoms. The number of thioether (sulfide) groups is 1. The lowest BCUT2D eigenvalue weighted by molar-refractivity contribution is 0.102. The number of aromatic nitrogens is 2. The van der Waals surface area contributed by atoms with Gasteiger partial charge in [-0.2, -0.15) is 0 Å². The summed E-state index contributed by atoms with van der Waals surface area (Å²) in [7, 11) is 1.60. The Hall–Kier alpha value is -2.08. The second kappa shape index (κ2) is 5.71. The predicted molar refractivity (Wildman–Crippen MR) is 75.7 cm³/mol. The maximum Gasteiger partial charge on any atom is 0.266 e. The van der Waals surface area contributed by atoms with Gasteiger partial charge in [0.1, 0.15) is 5.56 Å². The number of benzene rings is 1. The van der Waals surface area contributed by atoms with Gasteiger partial charge in [-0.05, 0) is 18.4 Å². The van der Waals surface area contributed by atoms with E-state index in [4.69, 9.17) is 0 Å². The minimum atomic E-state index is -0.452. The lowest BCUT2D eigenvalue weighted by Gasteiger charge is -2.07. The third kappa shape index (κ3) is 2.85. The van der Waals surface area contributed by atoms with E-state index >= 15 is 0 Å². The molecule has 6 heteroatoms. The Bertz CT molecular complexity index is 653. The molecule has 1 aromatic heterocycles. The smallest absolute Gasteiger partial charge is 0.266 e. The van der Waals surface area contributed by atoms with Gasteiger partial charge in [-0.1, -0.05) is 30.0 Å². The maximum atomic E-state index is 12.0. The molecule has 1 heterocycles. The van der Waals surface area contributed by atoms with Crippen LogP contribution in [-0.4, -0.2) is 21.7 Å². The molecule has 1 aromatic carbocycles. The lowest BCUT2D eigenvalue weighted by atomic mass is 10.2. The molecule has 0 fully saturated rings. The molecule has 0 aliphatic heterocycles. The first-order valence-electron chi connectivity index (χ1n) is 5.60. The normalized spacial score (nSPS) is 10.2. The average Bonchev–Trinajstić information content (AvgIpc) is 2.42. The second-order valence-electron chi connectivity index (χ2n) is 3.84. The fraction of sp³-hybridized carbons (Fsp3) is 0.154. The van der Waals surface area contributed by atoms with Gasteiger partial charge in [0.05, 0.1) is 0 Å². The molecule has 98 valence electrons. The van der Waals surface area contributed by atoms with E-state index in [1.54, 1.807) is 19.2 Å². The third-order valence-corrected chi connectivity index (χ3v) is 3.33. The van der Waals surface area contributed by atoms with Gasteiger partial charge in [-0.15, -0.1) is 0 Å². The summed E-state index contributed by atoms with van der Waals surface area (Å²) in [4.78, 5) is 28.1. The Kier molecular flexibility index (Phi) is 4.01. The Morgan fingerprint density at radius 2 is 2.00 bits per heavy atom. The highest BCUT2D eigenvalue weighted by molar-refractivity contribution is 7.98. The van der Waals surface area contributed by atoms with Crippen LogP contribution < -0.4 is 10.9 Å². The van der Waals surface area contributed by atoms with E-state index < -0.39 is 5.91 Å². The zero-order valence-corrected chi connectivity index (χ0v) is 11.4. The molecule has 0 saturated carbocycles. The van der Waals surface area contributed by atoms with Crippen LogP contribution >= 0.6 is 11.8 Å². The van der Waals surface area contributed by atoms with Crippen LogP contribution in [0.25, 0.3) is 0 Å². The van der Waals surface area contributed by atoms with Crippen molar-refractivity contribution in [1.29, 1.82) is 0 Å². The summed E-state index contributed by atoms with van der Waals surface area (Å²) in [6.45, 7) is 0. The number of anilines is 1. The predicted octanol–water partition coefficient (Wildman–Crippen LogP) is 1.75. The van der Waals surface area contributed by atoms with Crippen LogP contribution in [-0.2, 0) is 7.05 Å². The zero-order chi connectivity index (χ0) is 13.8. The Balaban J connectivity index is 2.30. The van der Waals surface area contributed by atoms with Crippen LogP contribution in [0, 0.1) is 0 Å². The van der Waals surface area contributed by atoms with E-state index in [2.05, 4.69) is 10.3 Å². The third-order valence-electron chi connectivity index (χ3n) is 2.58. The number of nitrogens with one attached hydrogen (secondary N) is 1. The number of rotatable bonds is 3. The van der Waals surface area contributed by atoms with Gasteiger partial charge >= 0.3 is 0 Å². The molecule has 1 N–H and O–H groups in total. The van der Waals surface area contributed by atoms with Crippen molar-refractivity contribution in [2.45, 2.75) is 5.16 Å². The van der Waals surface area contributed by atoms with Crippen LogP contribution in [0.3, 0.4) is 0 Å². The summed E-state index contributed by atoms with van der Waals surface area (Å²) < 4.78 is 1.37. The van der Waals surface area contributed by atoms with Crippen molar-refractivity contribution in [3.8, 4) is 0 Å². The first-order valence-corrected chi connectivity index (χ1v) is 6.82. The van der Waals surface area contributed by atoms with Gasteiger partial charge in [0.25, 0.3) is 11.5 Å². The highest BCUT2D eigenvalue weighted by atomic mass is 32.2. The van der Waals surface area contributed by atoms with Gasteiger partial charge in [-0.25, -0.2) is 4.98 Å². The van der Waals surface area contributed by atoms with E-state index in [1.165, 1.54) is 22.5 Å². The molecular weight excluding hydrogens is 262 g/mol. The molecule has 0 spiro atoms. The van der Waals surface area contributed by atoms with E-state index in [0.717, 1.165) is 0 Å². The number of para-hydroxylation sites is 1. The van der Waals surface area contributed by atoms with E-state index in [9.17, 15) is 9.59 Å². The molecule has 0 atom stereocenters. The van der Waals surface area contributed by atoms with Crippen molar-refractivity contribution >= 4 is 23.4 Å². The van der Waals surface area contributed by atoms with Gasteiger partial charge in [0, 0.05) is 18.9 Å². The van der Waals surface area contributed by atoms with Crippen LogP contribution in [0.1, 0.15) is 10.4 Å². The average molecular weight is 275 g/mol. The van der Waals surface area contributed by atoms with Gasteiger partial charge in [-0.3, -0.25) is 14.2 Å². The van der Waals surface area contributed by atoms with Crippen molar-refractivity contribution in [3.05, 3.63) is 52.4 Å². The largest absolute Gasteiger partial charge is 0.322 e. The van der Waals surface area contributed by atoms with Crippen molar-refractivity contribution < 1.29 is 4.79 Å². The van der Waals surface area contributed by atoms with Gasteiger partial charge in [0.2, 0.25) is 0 Å².